The van der Waals surface area contributed by atoms with Crippen LogP contribution >= 0.6 is 0 Å². The lowest BCUT2D eigenvalue weighted by Crippen LogP contribution is -2.20. The highest BCUT2D eigenvalue weighted by atomic mass is 16.5. The lowest BCUT2D eigenvalue weighted by Gasteiger charge is -2.08. The van der Waals surface area contributed by atoms with E-state index in [1.807, 2.05) is 0 Å². The average Bonchev–Trinajstić information content (AvgIpc) is 2.97. The van der Waals surface area contributed by atoms with Crippen LogP contribution in [0.15, 0.2) is 52.6 Å². The Bertz CT molecular complexity index is 1310. The Labute approximate surface area is 152 Å². The molecule has 2 aromatic carbocycles. The minimum Gasteiger partial charge on any atom is -0.494 e. The van der Waals surface area contributed by atoms with Crippen LogP contribution in [0.5, 0.6) is 5.75 Å². The molecule has 0 aliphatic rings. The van der Waals surface area contributed by atoms with E-state index in [0.717, 1.165) is 0 Å². The molecule has 0 aliphatic heterocycles. The summed E-state index contributed by atoms with van der Waals surface area (Å²) in [4.78, 5) is 28.5. The highest BCUT2D eigenvalue weighted by Gasteiger charge is 2.18. The predicted octanol–water partition coefficient (Wildman–Crippen LogP) is 3.16. The number of methoxy groups -OCH3 is 1. The van der Waals surface area contributed by atoms with E-state index in [1.54, 1.807) is 49.6 Å². The molecular formula is C19H13N5O3. The molecule has 0 saturated carbocycles. The molecule has 0 fully saturated rings. The van der Waals surface area contributed by atoms with E-state index in [1.165, 1.54) is 16.2 Å². The molecule has 0 radical (unpaired) electrons. The van der Waals surface area contributed by atoms with Gasteiger partial charge in [-0.3, -0.25) is 14.1 Å². The first kappa shape index (κ1) is 16.5. The molecule has 27 heavy (non-hydrogen) atoms. The molecule has 2 aromatic heterocycles. The number of fused-ring (bicyclic) bond motifs is 3. The summed E-state index contributed by atoms with van der Waals surface area (Å²) in [6.45, 7) is 0. The van der Waals surface area contributed by atoms with Crippen LogP contribution in [0.25, 0.3) is 27.6 Å². The molecule has 0 spiro atoms. The van der Waals surface area contributed by atoms with Crippen LogP contribution in [0.1, 0.15) is 5.56 Å². The van der Waals surface area contributed by atoms with Gasteiger partial charge in [-0.25, -0.2) is 4.79 Å². The molecule has 8 nitrogen and oxygen atoms in total. The zero-order valence-corrected chi connectivity index (χ0v) is 14.5. The fourth-order valence-electron chi connectivity index (χ4n) is 3.17. The van der Waals surface area contributed by atoms with Crippen LogP contribution in [0.3, 0.4) is 0 Å². The molecule has 0 amide bonds. The monoisotopic (exact) mass is 359 g/mol. The first-order valence-electron chi connectivity index (χ1n) is 8.01. The number of ether oxygens (including phenoxy) is 1. The van der Waals surface area contributed by atoms with Gasteiger partial charge in [0.1, 0.15) is 5.75 Å². The van der Waals surface area contributed by atoms with Gasteiger partial charge < -0.3 is 4.74 Å². The maximum atomic E-state index is 12.9. The highest BCUT2D eigenvalue weighted by molar-refractivity contribution is 6.05. The quantitative estimate of drug-likeness (QED) is 0.523. The van der Waals surface area contributed by atoms with Crippen LogP contribution in [0, 0.1) is 16.2 Å². The second-order valence-electron chi connectivity index (χ2n) is 5.96. The fourth-order valence-corrected chi connectivity index (χ4v) is 3.17. The molecule has 4 rings (SSSR count). The van der Waals surface area contributed by atoms with Gasteiger partial charge in [0.25, 0.3) is 0 Å². The zero-order valence-electron chi connectivity index (χ0n) is 14.5. The van der Waals surface area contributed by atoms with Crippen LogP contribution < -0.4 is 10.4 Å². The van der Waals surface area contributed by atoms with E-state index in [9.17, 15) is 9.70 Å². The molecule has 0 N–H and O–H groups in total. The topological polar surface area (TPSA) is 102 Å². The summed E-state index contributed by atoms with van der Waals surface area (Å²) in [5.41, 5.74) is 2.75. The summed E-state index contributed by atoms with van der Waals surface area (Å²) in [6, 6.07) is 11.9. The predicted molar refractivity (Wildman–Crippen MR) is 101 cm³/mol. The highest BCUT2D eigenvalue weighted by Crippen LogP contribution is 2.35. The van der Waals surface area contributed by atoms with E-state index in [-0.39, 0.29) is 11.4 Å². The van der Waals surface area contributed by atoms with Crippen molar-refractivity contribution in [2.75, 3.05) is 7.11 Å². The Morgan fingerprint density at radius 2 is 1.96 bits per heavy atom. The summed E-state index contributed by atoms with van der Waals surface area (Å²) in [5, 5.41) is 12.6. The van der Waals surface area contributed by atoms with Crippen LogP contribution in [0.2, 0.25) is 0 Å². The van der Waals surface area contributed by atoms with Gasteiger partial charge >= 0.3 is 5.69 Å². The van der Waals surface area contributed by atoms with Crippen LogP contribution in [-0.4, -0.2) is 21.2 Å². The molecule has 132 valence electrons. The Balaban J connectivity index is 2.16. The van der Waals surface area contributed by atoms with E-state index in [0.29, 0.717) is 38.9 Å². The lowest BCUT2D eigenvalue weighted by molar-refractivity contribution is 0.416. The van der Waals surface area contributed by atoms with Crippen molar-refractivity contribution >= 4 is 27.6 Å². The Morgan fingerprint density at radius 1 is 1.22 bits per heavy atom. The number of benzene rings is 2. The minimum absolute atomic E-state index is 0.127. The third-order valence-corrected chi connectivity index (χ3v) is 4.54. The van der Waals surface area contributed by atoms with Crippen molar-refractivity contribution in [3.05, 3.63) is 63.5 Å². The molecule has 0 unspecified atom stereocenters. The number of pyridine rings is 1. The van der Waals surface area contributed by atoms with Crippen molar-refractivity contribution < 1.29 is 4.74 Å². The number of aromatic nitrogens is 3. The molecule has 8 heteroatoms. The Morgan fingerprint density at radius 3 is 2.59 bits per heavy atom. The number of nitrogens with zero attached hydrogens (tertiary/aromatic N) is 5. The normalized spacial score (nSPS) is 10.9. The van der Waals surface area contributed by atoms with Gasteiger partial charge in [0, 0.05) is 18.5 Å². The largest absolute Gasteiger partial charge is 0.494 e. The molecule has 2 heterocycles. The van der Waals surface area contributed by atoms with Crippen molar-refractivity contribution in [2.45, 2.75) is 0 Å². The Hall–Kier alpha value is -3.99. The van der Waals surface area contributed by atoms with Gasteiger partial charge in [-0.05, 0) is 35.5 Å². The van der Waals surface area contributed by atoms with Gasteiger partial charge in [-0.1, -0.05) is 0 Å². The molecule has 0 bridgehead atoms. The van der Waals surface area contributed by atoms with E-state index < -0.39 is 0 Å². The number of rotatable bonds is 3. The maximum absolute atomic E-state index is 12.9. The lowest BCUT2D eigenvalue weighted by atomic mass is 10.1. The van der Waals surface area contributed by atoms with Gasteiger partial charge in [0.2, 0.25) is 0 Å². The summed E-state index contributed by atoms with van der Waals surface area (Å²) < 4.78 is 8.20. The SMILES string of the molecule is COc1cc2ncc3c(c2cc1N=O)n(-c1ccc(C#N)cc1)c(=O)n3C. The van der Waals surface area contributed by atoms with Gasteiger partial charge in [-0.15, -0.1) is 4.91 Å². The second-order valence-corrected chi connectivity index (χ2v) is 5.96. The van der Waals surface area contributed by atoms with Crippen molar-refractivity contribution in [2.24, 2.45) is 12.2 Å². The fraction of sp³-hybridized carbons (Fsp3) is 0.105. The molecule has 0 saturated heterocycles. The molecule has 4 aromatic rings. The van der Waals surface area contributed by atoms with Gasteiger partial charge in [0.05, 0.1) is 47.2 Å². The molecule has 0 aliphatic carbocycles. The number of hydrogen-bond acceptors (Lipinski definition) is 6. The van der Waals surface area contributed by atoms with Crippen molar-refractivity contribution in [3.8, 4) is 17.5 Å². The average molecular weight is 359 g/mol. The number of nitriles is 1. The summed E-state index contributed by atoms with van der Waals surface area (Å²) in [7, 11) is 3.10. The number of nitroso groups, excluding NO2 is 1. The summed E-state index contributed by atoms with van der Waals surface area (Å²) in [5.74, 6) is 0.313. The van der Waals surface area contributed by atoms with E-state index in [2.05, 4.69) is 16.2 Å². The van der Waals surface area contributed by atoms with Crippen molar-refractivity contribution in [3.63, 3.8) is 0 Å². The van der Waals surface area contributed by atoms with Crippen LogP contribution in [-0.2, 0) is 7.05 Å². The second kappa shape index (κ2) is 6.07. The maximum Gasteiger partial charge on any atom is 0.333 e. The minimum atomic E-state index is -0.263. The third-order valence-electron chi connectivity index (χ3n) is 4.54. The molecule has 0 atom stereocenters. The standard InChI is InChI=1S/C19H13N5O3/c1-23-16-10-21-14-8-17(27-2)15(22-26)7-13(14)18(16)24(19(23)25)12-5-3-11(9-20)4-6-12/h3-8,10H,1-2H3. The smallest absolute Gasteiger partial charge is 0.333 e. The van der Waals surface area contributed by atoms with E-state index in [4.69, 9.17) is 10.00 Å². The van der Waals surface area contributed by atoms with E-state index >= 15 is 0 Å². The number of imidazole rings is 1. The third kappa shape index (κ3) is 2.37. The number of aryl methyl sites for hydroxylation is 1. The number of hydrogen-bond donors (Lipinski definition) is 0. The first-order valence-corrected chi connectivity index (χ1v) is 8.01. The molecular weight excluding hydrogens is 346 g/mol. The first-order chi connectivity index (χ1) is 13.1. The van der Waals surface area contributed by atoms with Gasteiger partial charge in [-0.2, -0.15) is 5.26 Å². The van der Waals surface area contributed by atoms with Crippen LogP contribution in [0.4, 0.5) is 5.69 Å². The van der Waals surface area contributed by atoms with Crippen molar-refractivity contribution in [1.29, 1.82) is 5.26 Å². The summed E-state index contributed by atoms with van der Waals surface area (Å²) >= 11 is 0. The Kier molecular flexibility index (Phi) is 3.70. The zero-order chi connectivity index (χ0) is 19.1. The summed E-state index contributed by atoms with van der Waals surface area (Å²) in [6.07, 6.45) is 1.60. The van der Waals surface area contributed by atoms with Gasteiger partial charge in [0.15, 0.2) is 5.69 Å². The van der Waals surface area contributed by atoms with Crippen molar-refractivity contribution in [1.82, 2.24) is 14.1 Å².